The Bertz CT molecular complexity index is 781. The molecule has 0 spiro atoms. The van der Waals surface area contributed by atoms with Gasteiger partial charge in [0.25, 0.3) is 11.8 Å². The highest BCUT2D eigenvalue weighted by Crippen LogP contribution is 2.30. The molecular weight excluding hydrogens is 397 g/mol. The Morgan fingerprint density at radius 1 is 1.30 bits per heavy atom. The van der Waals surface area contributed by atoms with E-state index in [1.807, 2.05) is 0 Å². The molecule has 1 aliphatic rings. The maximum atomic E-state index is 12.3. The highest BCUT2D eigenvalue weighted by molar-refractivity contribution is 6.39. The topological polar surface area (TPSA) is 105 Å². The summed E-state index contributed by atoms with van der Waals surface area (Å²) in [5.41, 5.74) is -0.859. The van der Waals surface area contributed by atoms with Crippen LogP contribution in [0, 0.1) is 0 Å². The zero-order chi connectivity index (χ0) is 20.4. The first-order valence-electron chi connectivity index (χ1n) is 8.17. The van der Waals surface area contributed by atoms with Crippen LogP contribution in [0.5, 0.6) is 0 Å². The number of hydrogen-bond donors (Lipinski definition) is 2. The molecule has 1 aromatic rings. The third-order valence-electron chi connectivity index (χ3n) is 4.23. The van der Waals surface area contributed by atoms with Gasteiger partial charge in [0.15, 0.2) is 6.10 Å². The molecule has 8 nitrogen and oxygen atoms in total. The van der Waals surface area contributed by atoms with Gasteiger partial charge >= 0.3 is 12.0 Å². The second-order valence-corrected chi connectivity index (χ2v) is 7.04. The van der Waals surface area contributed by atoms with Gasteiger partial charge in [-0.1, -0.05) is 36.2 Å². The molecule has 1 fully saturated rings. The van der Waals surface area contributed by atoms with Crippen molar-refractivity contribution in [1.82, 2.24) is 10.2 Å². The number of para-hydroxylation sites is 1. The summed E-state index contributed by atoms with van der Waals surface area (Å²) in [6, 6.07) is 4.03. The van der Waals surface area contributed by atoms with E-state index in [4.69, 9.17) is 27.9 Å². The highest BCUT2D eigenvalue weighted by atomic mass is 35.5. The summed E-state index contributed by atoms with van der Waals surface area (Å²) in [5, 5.41) is 5.46. The summed E-state index contributed by atoms with van der Waals surface area (Å²) in [6.07, 6.45) is -0.816. The molecule has 1 aliphatic heterocycles. The Labute approximate surface area is 166 Å². The molecule has 10 heteroatoms. The van der Waals surface area contributed by atoms with E-state index in [9.17, 15) is 19.2 Å². The number of urea groups is 1. The molecular formula is C17H19Cl2N3O5. The third kappa shape index (κ3) is 4.51. The van der Waals surface area contributed by atoms with Gasteiger partial charge < -0.3 is 15.4 Å². The zero-order valence-electron chi connectivity index (χ0n) is 15.0. The van der Waals surface area contributed by atoms with E-state index in [-0.39, 0.29) is 15.7 Å². The van der Waals surface area contributed by atoms with Crippen LogP contribution in [-0.2, 0) is 19.1 Å². The molecule has 1 saturated heterocycles. The number of nitrogens with zero attached hydrogens (tertiary/aromatic N) is 1. The molecule has 4 amide bonds. The van der Waals surface area contributed by atoms with Crippen molar-refractivity contribution < 1.29 is 23.9 Å². The van der Waals surface area contributed by atoms with Crippen molar-refractivity contribution in [2.24, 2.45) is 0 Å². The molecule has 0 saturated carbocycles. The van der Waals surface area contributed by atoms with E-state index in [2.05, 4.69) is 10.6 Å². The number of hydrogen-bond acceptors (Lipinski definition) is 5. The molecule has 146 valence electrons. The second kappa shape index (κ2) is 8.14. The van der Waals surface area contributed by atoms with Crippen LogP contribution in [-0.4, -0.2) is 46.9 Å². The molecule has 2 atom stereocenters. The van der Waals surface area contributed by atoms with Gasteiger partial charge in [-0.25, -0.2) is 4.79 Å². The molecule has 1 aromatic carbocycles. The predicted octanol–water partition coefficient (Wildman–Crippen LogP) is 2.58. The van der Waals surface area contributed by atoms with Crippen LogP contribution in [0.1, 0.15) is 27.2 Å². The zero-order valence-corrected chi connectivity index (χ0v) is 16.5. The molecule has 0 unspecified atom stereocenters. The first-order chi connectivity index (χ1) is 12.6. The molecule has 2 rings (SSSR count). The van der Waals surface area contributed by atoms with E-state index in [1.54, 1.807) is 32.0 Å². The maximum Gasteiger partial charge on any atom is 0.327 e. The number of imide groups is 1. The molecule has 0 aromatic heterocycles. The van der Waals surface area contributed by atoms with Crippen molar-refractivity contribution in [3.05, 3.63) is 28.2 Å². The van der Waals surface area contributed by atoms with Crippen molar-refractivity contribution in [2.75, 3.05) is 11.9 Å². The fourth-order valence-corrected chi connectivity index (χ4v) is 2.88. The molecule has 0 bridgehead atoms. The van der Waals surface area contributed by atoms with Crippen LogP contribution < -0.4 is 10.6 Å². The number of esters is 1. The summed E-state index contributed by atoms with van der Waals surface area (Å²) in [7, 11) is 0. The molecule has 27 heavy (non-hydrogen) atoms. The number of halogens is 2. The molecule has 1 heterocycles. The van der Waals surface area contributed by atoms with Gasteiger partial charge in [-0.05, 0) is 32.4 Å². The van der Waals surface area contributed by atoms with Crippen molar-refractivity contribution in [1.29, 1.82) is 0 Å². The van der Waals surface area contributed by atoms with Crippen LogP contribution in [0.2, 0.25) is 10.0 Å². The van der Waals surface area contributed by atoms with Gasteiger partial charge in [-0.3, -0.25) is 19.3 Å². The smallest absolute Gasteiger partial charge is 0.327 e. The van der Waals surface area contributed by atoms with Gasteiger partial charge in [-0.2, -0.15) is 0 Å². The van der Waals surface area contributed by atoms with Crippen LogP contribution in [0.15, 0.2) is 18.2 Å². The number of ether oxygens (including phenoxy) is 1. The van der Waals surface area contributed by atoms with Crippen molar-refractivity contribution in [3.8, 4) is 0 Å². The lowest BCUT2D eigenvalue weighted by atomic mass is 9.99. The normalized spacial score (nSPS) is 20.3. The lowest BCUT2D eigenvalue weighted by Crippen LogP contribution is -2.44. The first-order valence-corrected chi connectivity index (χ1v) is 8.93. The standard InChI is InChI=1S/C17H19Cl2N3O5/c1-4-17(3)15(25)22(16(26)21-17)8-12(23)27-9(2)14(24)20-13-10(18)6-5-7-11(13)19/h5-7,9H,4,8H2,1-3H3,(H,20,24)(H,21,26)/t9-,17+/m1/s1. The lowest BCUT2D eigenvalue weighted by Gasteiger charge is -2.19. The second-order valence-electron chi connectivity index (χ2n) is 6.23. The van der Waals surface area contributed by atoms with Crippen molar-refractivity contribution >= 4 is 52.7 Å². The summed E-state index contributed by atoms with van der Waals surface area (Å²) >= 11 is 11.9. The summed E-state index contributed by atoms with van der Waals surface area (Å²) < 4.78 is 5.01. The molecule has 2 N–H and O–H groups in total. The van der Waals surface area contributed by atoms with Gasteiger partial charge in [0.05, 0.1) is 15.7 Å². The Kier molecular flexibility index (Phi) is 6.33. The number of carbonyl (C=O) groups is 4. The Morgan fingerprint density at radius 2 is 1.89 bits per heavy atom. The lowest BCUT2D eigenvalue weighted by molar-refractivity contribution is -0.155. The predicted molar refractivity (Wildman–Crippen MR) is 99.6 cm³/mol. The van der Waals surface area contributed by atoms with Crippen LogP contribution >= 0.6 is 23.2 Å². The fourth-order valence-electron chi connectivity index (χ4n) is 2.39. The van der Waals surface area contributed by atoms with E-state index < -0.39 is 42.0 Å². The highest BCUT2D eigenvalue weighted by Gasteiger charge is 2.47. The minimum absolute atomic E-state index is 0.196. The number of benzene rings is 1. The van der Waals surface area contributed by atoms with Gasteiger partial charge in [0.1, 0.15) is 12.1 Å². The summed E-state index contributed by atoms with van der Waals surface area (Å²) in [4.78, 5) is 49.2. The Balaban J connectivity index is 1.96. The number of anilines is 1. The van der Waals surface area contributed by atoms with Crippen LogP contribution in [0.25, 0.3) is 0 Å². The Morgan fingerprint density at radius 3 is 2.41 bits per heavy atom. The average Bonchev–Trinajstić information content (AvgIpc) is 2.81. The van der Waals surface area contributed by atoms with Crippen LogP contribution in [0.4, 0.5) is 10.5 Å². The minimum Gasteiger partial charge on any atom is -0.451 e. The van der Waals surface area contributed by atoms with Gasteiger partial charge in [0, 0.05) is 0 Å². The number of nitrogens with one attached hydrogen (secondary N) is 2. The summed E-state index contributed by atoms with van der Waals surface area (Å²) in [5.74, 6) is -2.08. The van der Waals surface area contributed by atoms with Gasteiger partial charge in [-0.15, -0.1) is 0 Å². The monoisotopic (exact) mass is 415 g/mol. The minimum atomic E-state index is -1.19. The maximum absolute atomic E-state index is 12.3. The summed E-state index contributed by atoms with van der Waals surface area (Å²) in [6.45, 7) is 4.07. The SMILES string of the molecule is CC[C@]1(C)NC(=O)N(CC(=O)O[C@H](C)C(=O)Nc2c(Cl)cccc2Cl)C1=O. The van der Waals surface area contributed by atoms with Crippen molar-refractivity contribution in [2.45, 2.75) is 38.8 Å². The van der Waals surface area contributed by atoms with E-state index in [1.165, 1.54) is 6.92 Å². The number of amides is 4. The van der Waals surface area contributed by atoms with Gasteiger partial charge in [0.2, 0.25) is 0 Å². The third-order valence-corrected chi connectivity index (χ3v) is 4.86. The average molecular weight is 416 g/mol. The van der Waals surface area contributed by atoms with Crippen molar-refractivity contribution in [3.63, 3.8) is 0 Å². The molecule has 0 radical (unpaired) electrons. The van der Waals surface area contributed by atoms with E-state index in [0.29, 0.717) is 6.42 Å². The van der Waals surface area contributed by atoms with E-state index in [0.717, 1.165) is 4.90 Å². The largest absolute Gasteiger partial charge is 0.451 e. The Hall–Kier alpha value is -2.32. The molecule has 0 aliphatic carbocycles. The van der Waals surface area contributed by atoms with E-state index >= 15 is 0 Å². The fraction of sp³-hybridized carbons (Fsp3) is 0.412. The number of rotatable bonds is 6. The van der Waals surface area contributed by atoms with Crippen LogP contribution in [0.3, 0.4) is 0 Å². The first kappa shape index (κ1) is 21.0. The quantitative estimate of drug-likeness (QED) is 0.548. The number of carbonyl (C=O) groups excluding carboxylic acids is 4.